The lowest BCUT2D eigenvalue weighted by Gasteiger charge is -2.20. The molecule has 14 heavy (non-hydrogen) atoms. The lowest BCUT2D eigenvalue weighted by atomic mass is 10.1. The second kappa shape index (κ2) is 7.76. The normalized spacial score (nSPS) is 14.9. The highest BCUT2D eigenvalue weighted by Gasteiger charge is 2.18. The third kappa shape index (κ3) is 5.19. The zero-order chi connectivity index (χ0) is 11.0. The quantitative estimate of drug-likeness (QED) is 0.598. The van der Waals surface area contributed by atoms with Gasteiger partial charge in [0.05, 0.1) is 6.61 Å². The molecule has 0 aliphatic carbocycles. The lowest BCUT2D eigenvalue weighted by molar-refractivity contribution is -0.146. The summed E-state index contributed by atoms with van der Waals surface area (Å²) < 4.78 is 4.91. The van der Waals surface area contributed by atoms with Crippen molar-refractivity contribution in [2.24, 2.45) is 0 Å². The van der Waals surface area contributed by atoms with Gasteiger partial charge in [-0.05, 0) is 26.7 Å². The van der Waals surface area contributed by atoms with Crippen LogP contribution in [0, 0.1) is 0 Å². The van der Waals surface area contributed by atoms with Gasteiger partial charge in [0.25, 0.3) is 0 Å². The van der Waals surface area contributed by atoms with Gasteiger partial charge in [0, 0.05) is 12.6 Å². The molecule has 4 heteroatoms. The molecule has 0 aromatic carbocycles. The molecule has 0 bridgehead atoms. The van der Waals surface area contributed by atoms with Crippen LogP contribution < -0.4 is 5.32 Å². The summed E-state index contributed by atoms with van der Waals surface area (Å²) in [5, 5.41) is 11.8. The van der Waals surface area contributed by atoms with Crippen molar-refractivity contribution in [3.63, 3.8) is 0 Å². The summed E-state index contributed by atoms with van der Waals surface area (Å²) in [6.45, 7) is 6.21. The van der Waals surface area contributed by atoms with E-state index in [1.54, 1.807) is 6.92 Å². The standard InChI is InChI=1S/C10H21NO3/c1-4-9(10(13)14-5-2)11-8(3)6-7-12/h8-9,11-12H,4-7H2,1-3H3. The molecular formula is C10H21NO3. The van der Waals surface area contributed by atoms with E-state index in [1.165, 1.54) is 0 Å². The summed E-state index contributed by atoms with van der Waals surface area (Å²) in [6, 6.07) is -0.120. The molecule has 0 heterocycles. The Bertz CT molecular complexity index is 161. The number of carbonyl (C=O) groups is 1. The number of hydrogen-bond donors (Lipinski definition) is 2. The zero-order valence-electron chi connectivity index (χ0n) is 9.25. The molecule has 2 atom stereocenters. The molecular weight excluding hydrogens is 182 g/mol. The maximum absolute atomic E-state index is 11.4. The number of nitrogens with one attached hydrogen (secondary N) is 1. The summed E-state index contributed by atoms with van der Waals surface area (Å²) >= 11 is 0. The molecule has 0 saturated heterocycles. The van der Waals surface area contributed by atoms with Gasteiger partial charge in [-0.25, -0.2) is 0 Å². The molecule has 0 fully saturated rings. The third-order valence-corrected chi connectivity index (χ3v) is 2.03. The fourth-order valence-electron chi connectivity index (χ4n) is 1.22. The monoisotopic (exact) mass is 203 g/mol. The van der Waals surface area contributed by atoms with E-state index in [9.17, 15) is 4.79 Å². The number of hydrogen-bond acceptors (Lipinski definition) is 4. The number of aliphatic hydroxyl groups is 1. The van der Waals surface area contributed by atoms with Gasteiger partial charge in [-0.2, -0.15) is 0 Å². The zero-order valence-corrected chi connectivity index (χ0v) is 9.25. The largest absolute Gasteiger partial charge is 0.465 e. The van der Waals surface area contributed by atoms with Gasteiger partial charge in [-0.15, -0.1) is 0 Å². The first kappa shape index (κ1) is 13.4. The molecule has 0 aliphatic heterocycles. The molecule has 0 aliphatic rings. The predicted molar refractivity (Wildman–Crippen MR) is 55.0 cm³/mol. The number of aliphatic hydroxyl groups excluding tert-OH is 1. The molecule has 0 aromatic rings. The Morgan fingerprint density at radius 2 is 2.14 bits per heavy atom. The van der Waals surface area contributed by atoms with E-state index in [0.29, 0.717) is 19.4 Å². The second-order valence-electron chi connectivity index (χ2n) is 3.29. The van der Waals surface area contributed by atoms with Crippen molar-refractivity contribution in [2.45, 2.75) is 45.7 Å². The van der Waals surface area contributed by atoms with Crippen LogP contribution in [0.25, 0.3) is 0 Å². The molecule has 0 amide bonds. The molecule has 0 rings (SSSR count). The van der Waals surface area contributed by atoms with Crippen molar-refractivity contribution in [1.82, 2.24) is 5.32 Å². The smallest absolute Gasteiger partial charge is 0.323 e. The topological polar surface area (TPSA) is 58.6 Å². The highest BCUT2D eigenvalue weighted by atomic mass is 16.5. The fourth-order valence-corrected chi connectivity index (χ4v) is 1.22. The Labute approximate surface area is 85.6 Å². The van der Waals surface area contributed by atoms with E-state index in [-0.39, 0.29) is 24.7 Å². The van der Waals surface area contributed by atoms with Crippen molar-refractivity contribution in [2.75, 3.05) is 13.2 Å². The van der Waals surface area contributed by atoms with Gasteiger partial charge in [0.15, 0.2) is 0 Å². The van der Waals surface area contributed by atoms with Crippen LogP contribution in [0.4, 0.5) is 0 Å². The van der Waals surface area contributed by atoms with Crippen LogP contribution in [0.1, 0.15) is 33.6 Å². The molecule has 4 nitrogen and oxygen atoms in total. The van der Waals surface area contributed by atoms with E-state index in [0.717, 1.165) is 0 Å². The number of ether oxygens (including phenoxy) is 1. The van der Waals surface area contributed by atoms with Gasteiger partial charge >= 0.3 is 5.97 Å². The third-order valence-electron chi connectivity index (χ3n) is 2.03. The second-order valence-corrected chi connectivity index (χ2v) is 3.29. The first-order valence-electron chi connectivity index (χ1n) is 5.19. The van der Waals surface area contributed by atoms with Crippen molar-refractivity contribution in [3.8, 4) is 0 Å². The van der Waals surface area contributed by atoms with Crippen molar-refractivity contribution in [3.05, 3.63) is 0 Å². The molecule has 2 unspecified atom stereocenters. The van der Waals surface area contributed by atoms with E-state index < -0.39 is 0 Å². The lowest BCUT2D eigenvalue weighted by Crippen LogP contribution is -2.42. The van der Waals surface area contributed by atoms with E-state index in [4.69, 9.17) is 9.84 Å². The van der Waals surface area contributed by atoms with Gasteiger partial charge in [-0.3, -0.25) is 4.79 Å². The highest BCUT2D eigenvalue weighted by Crippen LogP contribution is 1.99. The van der Waals surface area contributed by atoms with Crippen LogP contribution in [0.15, 0.2) is 0 Å². The summed E-state index contributed by atoms with van der Waals surface area (Å²) in [6.07, 6.45) is 1.35. The van der Waals surface area contributed by atoms with Crippen molar-refractivity contribution < 1.29 is 14.6 Å². The fraction of sp³-hybridized carbons (Fsp3) is 0.900. The predicted octanol–water partition coefficient (Wildman–Crippen LogP) is 0.689. The minimum Gasteiger partial charge on any atom is -0.465 e. The maximum Gasteiger partial charge on any atom is 0.323 e. The van der Waals surface area contributed by atoms with Gasteiger partial charge < -0.3 is 15.2 Å². The Morgan fingerprint density at radius 3 is 2.57 bits per heavy atom. The first-order chi connectivity index (χ1) is 6.65. The molecule has 2 N–H and O–H groups in total. The molecule has 0 spiro atoms. The van der Waals surface area contributed by atoms with Crippen LogP contribution >= 0.6 is 0 Å². The van der Waals surface area contributed by atoms with E-state index in [2.05, 4.69) is 5.32 Å². The molecule has 84 valence electrons. The Balaban J connectivity index is 3.94. The van der Waals surface area contributed by atoms with Crippen LogP contribution in [0.5, 0.6) is 0 Å². The van der Waals surface area contributed by atoms with Crippen molar-refractivity contribution in [1.29, 1.82) is 0 Å². The number of rotatable bonds is 7. The van der Waals surface area contributed by atoms with Crippen LogP contribution in [0.3, 0.4) is 0 Å². The minimum absolute atomic E-state index is 0.132. The number of esters is 1. The van der Waals surface area contributed by atoms with E-state index in [1.807, 2.05) is 13.8 Å². The molecule has 0 saturated carbocycles. The highest BCUT2D eigenvalue weighted by molar-refractivity contribution is 5.75. The first-order valence-corrected chi connectivity index (χ1v) is 5.19. The van der Waals surface area contributed by atoms with Gasteiger partial charge in [-0.1, -0.05) is 6.92 Å². The maximum atomic E-state index is 11.4. The summed E-state index contributed by atoms with van der Waals surface area (Å²) in [5.41, 5.74) is 0. The minimum atomic E-state index is -0.253. The molecule has 0 radical (unpaired) electrons. The van der Waals surface area contributed by atoms with Crippen LogP contribution in [-0.2, 0) is 9.53 Å². The van der Waals surface area contributed by atoms with Crippen LogP contribution in [-0.4, -0.2) is 36.4 Å². The van der Waals surface area contributed by atoms with E-state index >= 15 is 0 Å². The average molecular weight is 203 g/mol. The summed E-state index contributed by atoms with van der Waals surface area (Å²) in [4.78, 5) is 11.4. The summed E-state index contributed by atoms with van der Waals surface area (Å²) in [5.74, 6) is -0.209. The van der Waals surface area contributed by atoms with Crippen molar-refractivity contribution >= 4 is 5.97 Å². The molecule has 0 aromatic heterocycles. The Hall–Kier alpha value is -0.610. The Morgan fingerprint density at radius 1 is 1.50 bits per heavy atom. The Kier molecular flexibility index (Phi) is 7.42. The summed E-state index contributed by atoms with van der Waals surface area (Å²) in [7, 11) is 0. The van der Waals surface area contributed by atoms with Crippen LogP contribution in [0.2, 0.25) is 0 Å². The average Bonchev–Trinajstić information content (AvgIpc) is 2.15. The van der Waals surface area contributed by atoms with Gasteiger partial charge in [0.1, 0.15) is 6.04 Å². The number of carbonyl (C=O) groups excluding carboxylic acids is 1. The SMILES string of the molecule is CCOC(=O)C(CC)NC(C)CCO. The van der Waals surface area contributed by atoms with Gasteiger partial charge in [0.2, 0.25) is 0 Å².